The Hall–Kier alpha value is -1.82. The normalized spacial score (nSPS) is 11.8. The van der Waals surface area contributed by atoms with Gasteiger partial charge in [0.25, 0.3) is 0 Å². The molecule has 0 saturated heterocycles. The van der Waals surface area contributed by atoms with Crippen molar-refractivity contribution in [2.45, 2.75) is 19.8 Å². The Balaban J connectivity index is 3.18. The first-order chi connectivity index (χ1) is 6.54. The van der Waals surface area contributed by atoms with Crippen molar-refractivity contribution >= 4 is 5.97 Å². The highest BCUT2D eigenvalue weighted by Crippen LogP contribution is 2.18. The lowest BCUT2D eigenvalue weighted by Gasteiger charge is -2.06. The molecule has 1 atom stereocenters. The topological polar surface area (TPSA) is 61.1 Å². The zero-order valence-electron chi connectivity index (χ0n) is 8.11. The Morgan fingerprint density at radius 2 is 1.86 bits per heavy atom. The molecule has 0 aliphatic heterocycles. The first-order valence-corrected chi connectivity index (χ1v) is 4.25. The summed E-state index contributed by atoms with van der Waals surface area (Å²) >= 11 is 0. The van der Waals surface area contributed by atoms with E-state index in [-0.39, 0.29) is 0 Å². The molecule has 1 unspecified atom stereocenters. The van der Waals surface area contributed by atoms with E-state index in [4.69, 9.17) is 10.4 Å². The van der Waals surface area contributed by atoms with Crippen molar-refractivity contribution in [3.63, 3.8) is 0 Å². The Labute approximate surface area is 82.6 Å². The zero-order chi connectivity index (χ0) is 10.7. The molecule has 0 aromatic heterocycles. The first-order valence-electron chi connectivity index (χ1n) is 4.25. The number of benzene rings is 1. The maximum atomic E-state index is 10.7. The molecule has 72 valence electrons. The molecule has 0 heterocycles. The number of aryl methyl sites for hydroxylation is 2. The van der Waals surface area contributed by atoms with Gasteiger partial charge in [-0.05, 0) is 19.4 Å². The molecule has 0 bridgehead atoms. The van der Waals surface area contributed by atoms with Crippen LogP contribution < -0.4 is 0 Å². The maximum Gasteiger partial charge on any atom is 0.325 e. The minimum absolute atomic E-state index is 0.553. The molecule has 0 radical (unpaired) electrons. The molecule has 14 heavy (non-hydrogen) atoms. The second kappa shape index (κ2) is 3.93. The van der Waals surface area contributed by atoms with E-state index in [1.54, 1.807) is 18.2 Å². The van der Waals surface area contributed by atoms with Crippen LogP contribution in [0.15, 0.2) is 18.2 Å². The second-order valence-corrected chi connectivity index (χ2v) is 3.32. The lowest BCUT2D eigenvalue weighted by molar-refractivity contribution is -0.137. The zero-order valence-corrected chi connectivity index (χ0v) is 8.11. The molecule has 0 aliphatic carbocycles. The minimum atomic E-state index is -1.10. The van der Waals surface area contributed by atoms with Gasteiger partial charge in [0.1, 0.15) is 0 Å². The molecule has 0 spiro atoms. The van der Waals surface area contributed by atoms with Crippen LogP contribution in [-0.4, -0.2) is 11.1 Å². The third-order valence-electron chi connectivity index (χ3n) is 1.95. The van der Waals surface area contributed by atoms with Crippen molar-refractivity contribution in [1.82, 2.24) is 0 Å². The largest absolute Gasteiger partial charge is 0.480 e. The molecule has 0 amide bonds. The van der Waals surface area contributed by atoms with Crippen molar-refractivity contribution < 1.29 is 9.90 Å². The molecule has 1 aromatic rings. The van der Waals surface area contributed by atoms with E-state index >= 15 is 0 Å². The first kappa shape index (κ1) is 10.3. The van der Waals surface area contributed by atoms with Crippen molar-refractivity contribution in [2.75, 3.05) is 0 Å². The van der Waals surface area contributed by atoms with E-state index in [1.807, 2.05) is 19.9 Å². The molecular weight excluding hydrogens is 178 g/mol. The lowest BCUT2D eigenvalue weighted by atomic mass is 9.97. The highest BCUT2D eigenvalue weighted by atomic mass is 16.4. The van der Waals surface area contributed by atoms with E-state index < -0.39 is 11.9 Å². The van der Waals surface area contributed by atoms with E-state index in [2.05, 4.69) is 0 Å². The van der Waals surface area contributed by atoms with Gasteiger partial charge in [-0.25, -0.2) is 0 Å². The standard InChI is InChI=1S/C11H11NO2/c1-7-3-8(2)5-9(4-7)10(6-12)11(13)14/h3-5,10H,1-2H3,(H,13,14). The summed E-state index contributed by atoms with van der Waals surface area (Å²) in [5.74, 6) is -2.16. The Morgan fingerprint density at radius 3 is 2.21 bits per heavy atom. The fourth-order valence-electron chi connectivity index (χ4n) is 1.45. The van der Waals surface area contributed by atoms with Gasteiger partial charge in [-0.1, -0.05) is 29.3 Å². The lowest BCUT2D eigenvalue weighted by Crippen LogP contribution is -2.09. The van der Waals surface area contributed by atoms with Gasteiger partial charge in [0.2, 0.25) is 0 Å². The fraction of sp³-hybridized carbons (Fsp3) is 0.273. The van der Waals surface area contributed by atoms with E-state index in [9.17, 15) is 4.79 Å². The molecular formula is C11H11NO2. The number of nitrogens with zero attached hydrogens (tertiary/aromatic N) is 1. The Morgan fingerprint density at radius 1 is 1.36 bits per heavy atom. The molecule has 1 rings (SSSR count). The predicted molar refractivity (Wildman–Crippen MR) is 51.9 cm³/mol. The van der Waals surface area contributed by atoms with Crippen LogP contribution >= 0.6 is 0 Å². The van der Waals surface area contributed by atoms with Crippen LogP contribution in [0.3, 0.4) is 0 Å². The Bertz CT molecular complexity index is 384. The molecule has 1 aromatic carbocycles. The summed E-state index contributed by atoms with van der Waals surface area (Å²) in [6.45, 7) is 3.76. The summed E-state index contributed by atoms with van der Waals surface area (Å²) in [5, 5.41) is 17.5. The van der Waals surface area contributed by atoms with E-state index in [0.29, 0.717) is 5.56 Å². The number of aliphatic carboxylic acids is 1. The van der Waals surface area contributed by atoms with Gasteiger partial charge >= 0.3 is 5.97 Å². The van der Waals surface area contributed by atoms with Crippen LogP contribution in [0, 0.1) is 25.2 Å². The van der Waals surface area contributed by atoms with Crippen molar-refractivity contribution in [3.8, 4) is 6.07 Å². The number of carbonyl (C=O) groups is 1. The summed E-state index contributed by atoms with van der Waals surface area (Å²) in [6.07, 6.45) is 0. The van der Waals surface area contributed by atoms with Gasteiger partial charge in [-0.2, -0.15) is 5.26 Å². The molecule has 1 N–H and O–H groups in total. The highest BCUT2D eigenvalue weighted by Gasteiger charge is 2.19. The van der Waals surface area contributed by atoms with E-state index in [1.165, 1.54) is 0 Å². The van der Waals surface area contributed by atoms with Crippen molar-refractivity contribution in [2.24, 2.45) is 0 Å². The SMILES string of the molecule is Cc1cc(C)cc(C(C#N)C(=O)O)c1. The molecule has 0 saturated carbocycles. The number of hydrogen-bond acceptors (Lipinski definition) is 2. The third-order valence-corrected chi connectivity index (χ3v) is 1.95. The summed E-state index contributed by atoms with van der Waals surface area (Å²) in [6, 6.07) is 7.18. The average molecular weight is 189 g/mol. The third kappa shape index (κ3) is 2.11. The number of hydrogen-bond donors (Lipinski definition) is 1. The van der Waals surface area contributed by atoms with Crippen LogP contribution in [0.4, 0.5) is 0 Å². The summed E-state index contributed by atoms with van der Waals surface area (Å²) in [7, 11) is 0. The quantitative estimate of drug-likeness (QED) is 0.773. The number of rotatable bonds is 2. The second-order valence-electron chi connectivity index (χ2n) is 3.32. The Kier molecular flexibility index (Phi) is 2.88. The van der Waals surface area contributed by atoms with Gasteiger partial charge in [-0.15, -0.1) is 0 Å². The molecule has 3 heteroatoms. The van der Waals surface area contributed by atoms with Gasteiger partial charge < -0.3 is 5.11 Å². The molecule has 0 fully saturated rings. The summed E-state index contributed by atoms with van der Waals surface area (Å²) in [4.78, 5) is 10.7. The fourth-order valence-corrected chi connectivity index (χ4v) is 1.45. The van der Waals surface area contributed by atoms with Gasteiger partial charge in [-0.3, -0.25) is 4.79 Å². The smallest absolute Gasteiger partial charge is 0.325 e. The van der Waals surface area contributed by atoms with Gasteiger partial charge in [0.05, 0.1) is 6.07 Å². The number of nitriles is 1. The van der Waals surface area contributed by atoms with Crippen LogP contribution in [0.2, 0.25) is 0 Å². The van der Waals surface area contributed by atoms with Gasteiger partial charge in [0, 0.05) is 0 Å². The van der Waals surface area contributed by atoms with Crippen molar-refractivity contribution in [1.29, 1.82) is 5.26 Å². The van der Waals surface area contributed by atoms with Crippen LogP contribution in [-0.2, 0) is 4.79 Å². The number of carboxylic acid groups (broad SMARTS) is 1. The molecule has 3 nitrogen and oxygen atoms in total. The van der Waals surface area contributed by atoms with E-state index in [0.717, 1.165) is 11.1 Å². The van der Waals surface area contributed by atoms with Crippen LogP contribution in [0.5, 0.6) is 0 Å². The number of carboxylic acids is 1. The highest BCUT2D eigenvalue weighted by molar-refractivity contribution is 5.79. The summed E-state index contributed by atoms with van der Waals surface area (Å²) < 4.78 is 0. The average Bonchev–Trinajstić information content (AvgIpc) is 2.02. The maximum absolute atomic E-state index is 10.7. The predicted octanol–water partition coefficient (Wildman–Crippen LogP) is 2.00. The van der Waals surface area contributed by atoms with Crippen LogP contribution in [0.1, 0.15) is 22.6 Å². The van der Waals surface area contributed by atoms with Crippen LogP contribution in [0.25, 0.3) is 0 Å². The summed E-state index contributed by atoms with van der Waals surface area (Å²) in [5.41, 5.74) is 2.50. The minimum Gasteiger partial charge on any atom is -0.480 e. The van der Waals surface area contributed by atoms with Crippen molar-refractivity contribution in [3.05, 3.63) is 34.9 Å². The monoisotopic (exact) mass is 189 g/mol. The molecule has 0 aliphatic rings. The van der Waals surface area contributed by atoms with Gasteiger partial charge in [0.15, 0.2) is 5.92 Å².